The van der Waals surface area contributed by atoms with Gasteiger partial charge in [-0.2, -0.15) is 0 Å². The van der Waals surface area contributed by atoms with Crippen molar-refractivity contribution < 1.29 is 0 Å². The van der Waals surface area contributed by atoms with Crippen LogP contribution in [0.1, 0.15) is 11.6 Å². The van der Waals surface area contributed by atoms with Gasteiger partial charge >= 0.3 is 0 Å². The summed E-state index contributed by atoms with van der Waals surface area (Å²) in [6.45, 7) is 0.416. The van der Waals surface area contributed by atoms with E-state index in [9.17, 15) is 0 Å². The van der Waals surface area contributed by atoms with E-state index >= 15 is 0 Å². The Balaban J connectivity index is 0.00000144. The second kappa shape index (κ2) is 5.83. The molecule has 13 heavy (non-hydrogen) atoms. The van der Waals surface area contributed by atoms with Crippen LogP contribution in [0.2, 0.25) is 5.02 Å². The maximum Gasteiger partial charge on any atom is 0.0431 e. The van der Waals surface area contributed by atoms with Crippen molar-refractivity contribution in [3.63, 3.8) is 0 Å². The summed E-state index contributed by atoms with van der Waals surface area (Å²) in [6, 6.07) is 5.34. The van der Waals surface area contributed by atoms with Crippen molar-refractivity contribution in [2.75, 3.05) is 6.54 Å². The van der Waals surface area contributed by atoms with E-state index in [0.717, 1.165) is 10.0 Å². The van der Waals surface area contributed by atoms with Crippen LogP contribution in [-0.4, -0.2) is 6.54 Å². The number of rotatable bonds is 2. The second-order valence-electron chi connectivity index (χ2n) is 2.51. The first-order valence-corrected chi connectivity index (χ1v) is 4.73. The fraction of sp³-hybridized carbons (Fsp3) is 0.250. The predicted octanol–water partition coefficient (Wildman–Crippen LogP) is 2.48. The zero-order valence-corrected chi connectivity index (χ0v) is 9.99. The molecule has 0 heterocycles. The average molecular weight is 286 g/mol. The molecule has 4 N–H and O–H groups in total. The molecule has 0 radical (unpaired) electrons. The second-order valence-corrected chi connectivity index (χ2v) is 3.80. The molecule has 0 amide bonds. The van der Waals surface area contributed by atoms with Gasteiger partial charge in [0.2, 0.25) is 0 Å². The first-order chi connectivity index (χ1) is 5.65. The molecule has 0 aromatic heterocycles. The van der Waals surface area contributed by atoms with Crippen LogP contribution in [0.3, 0.4) is 0 Å². The van der Waals surface area contributed by atoms with E-state index in [-0.39, 0.29) is 18.4 Å². The highest BCUT2D eigenvalue weighted by Crippen LogP contribution is 2.24. The van der Waals surface area contributed by atoms with E-state index < -0.39 is 0 Å². The summed E-state index contributed by atoms with van der Waals surface area (Å²) >= 11 is 9.18. The van der Waals surface area contributed by atoms with Crippen LogP contribution in [-0.2, 0) is 0 Å². The molecular weight excluding hydrogens is 275 g/mol. The summed E-state index contributed by atoms with van der Waals surface area (Å²) in [5.41, 5.74) is 12.1. The van der Waals surface area contributed by atoms with Crippen molar-refractivity contribution in [2.45, 2.75) is 6.04 Å². The summed E-state index contributed by atoms with van der Waals surface area (Å²) in [4.78, 5) is 0. The average Bonchev–Trinajstić information content (AvgIpc) is 2.08. The topological polar surface area (TPSA) is 52.0 Å². The Morgan fingerprint density at radius 3 is 2.62 bits per heavy atom. The quantitative estimate of drug-likeness (QED) is 0.877. The molecule has 1 aromatic carbocycles. The molecular formula is C8H11BrCl2N2. The van der Waals surface area contributed by atoms with Crippen LogP contribution in [0.15, 0.2) is 22.7 Å². The fourth-order valence-corrected chi connectivity index (χ4v) is 1.65. The fourth-order valence-electron chi connectivity index (χ4n) is 0.926. The lowest BCUT2D eigenvalue weighted by Gasteiger charge is -2.11. The molecule has 1 rings (SSSR count). The van der Waals surface area contributed by atoms with Crippen LogP contribution < -0.4 is 11.5 Å². The zero-order valence-electron chi connectivity index (χ0n) is 6.84. The van der Waals surface area contributed by atoms with E-state index in [0.29, 0.717) is 11.6 Å². The third kappa shape index (κ3) is 3.44. The van der Waals surface area contributed by atoms with Crippen molar-refractivity contribution >= 4 is 39.9 Å². The van der Waals surface area contributed by atoms with Gasteiger partial charge in [-0.05, 0) is 23.8 Å². The van der Waals surface area contributed by atoms with E-state index in [1.165, 1.54) is 0 Å². The number of nitrogens with two attached hydrogens (primary N) is 2. The van der Waals surface area contributed by atoms with Crippen LogP contribution in [0.5, 0.6) is 0 Å². The summed E-state index contributed by atoms with van der Waals surface area (Å²) in [6.07, 6.45) is 0. The number of hydrogen-bond donors (Lipinski definition) is 2. The minimum atomic E-state index is -0.155. The largest absolute Gasteiger partial charge is 0.329 e. The molecule has 0 bridgehead atoms. The predicted molar refractivity (Wildman–Crippen MR) is 62.4 cm³/mol. The van der Waals surface area contributed by atoms with Crippen molar-refractivity contribution in [1.82, 2.24) is 0 Å². The third-order valence-electron chi connectivity index (χ3n) is 1.61. The standard InChI is InChI=1S/C8H10BrClN2.ClH/c9-7-2-1-5(10)3-6(7)8(12)4-11;/h1-3,8H,4,11-12H2;1H/t8-;/m1./s1. The lowest BCUT2D eigenvalue weighted by atomic mass is 10.1. The highest BCUT2D eigenvalue weighted by Gasteiger charge is 2.07. The van der Waals surface area contributed by atoms with Gasteiger partial charge in [0, 0.05) is 22.1 Å². The summed E-state index contributed by atoms with van der Waals surface area (Å²) in [5, 5.41) is 0.678. The molecule has 0 spiro atoms. The molecule has 1 atom stereocenters. The van der Waals surface area contributed by atoms with Gasteiger partial charge in [0.05, 0.1) is 0 Å². The van der Waals surface area contributed by atoms with E-state index in [1.807, 2.05) is 12.1 Å². The van der Waals surface area contributed by atoms with Gasteiger partial charge in [-0.3, -0.25) is 0 Å². The smallest absolute Gasteiger partial charge is 0.0431 e. The Labute approximate surface area is 97.2 Å². The normalized spacial score (nSPS) is 12.0. The maximum absolute atomic E-state index is 5.80. The molecule has 0 aliphatic rings. The molecule has 5 heteroatoms. The molecule has 0 aliphatic carbocycles. The Hall–Kier alpha value is 0.200. The maximum atomic E-state index is 5.80. The van der Waals surface area contributed by atoms with Crippen LogP contribution >= 0.6 is 39.9 Å². The van der Waals surface area contributed by atoms with Gasteiger partial charge in [-0.15, -0.1) is 12.4 Å². The first-order valence-electron chi connectivity index (χ1n) is 3.55. The van der Waals surface area contributed by atoms with Crippen molar-refractivity contribution in [3.05, 3.63) is 33.3 Å². The summed E-state index contributed by atoms with van der Waals surface area (Å²) < 4.78 is 0.949. The minimum absolute atomic E-state index is 0. The molecule has 74 valence electrons. The summed E-state index contributed by atoms with van der Waals surface area (Å²) in [5.74, 6) is 0. The van der Waals surface area contributed by atoms with Gasteiger partial charge in [0.15, 0.2) is 0 Å². The van der Waals surface area contributed by atoms with Crippen LogP contribution in [0.4, 0.5) is 0 Å². The highest BCUT2D eigenvalue weighted by atomic mass is 79.9. The molecule has 0 unspecified atom stereocenters. The first kappa shape index (κ1) is 13.2. The van der Waals surface area contributed by atoms with Crippen LogP contribution in [0.25, 0.3) is 0 Å². The third-order valence-corrected chi connectivity index (χ3v) is 2.57. The molecule has 0 fully saturated rings. The molecule has 0 aliphatic heterocycles. The summed E-state index contributed by atoms with van der Waals surface area (Å²) in [7, 11) is 0. The number of hydrogen-bond acceptors (Lipinski definition) is 2. The Morgan fingerprint density at radius 1 is 1.46 bits per heavy atom. The lowest BCUT2D eigenvalue weighted by Crippen LogP contribution is -2.21. The molecule has 0 saturated heterocycles. The van der Waals surface area contributed by atoms with Gasteiger partial charge in [0.25, 0.3) is 0 Å². The number of benzene rings is 1. The van der Waals surface area contributed by atoms with Gasteiger partial charge in [-0.25, -0.2) is 0 Å². The van der Waals surface area contributed by atoms with Gasteiger partial charge < -0.3 is 11.5 Å². The van der Waals surface area contributed by atoms with Gasteiger partial charge in [0.1, 0.15) is 0 Å². The van der Waals surface area contributed by atoms with Crippen molar-refractivity contribution in [3.8, 4) is 0 Å². The van der Waals surface area contributed by atoms with Crippen molar-refractivity contribution in [2.24, 2.45) is 11.5 Å². The zero-order chi connectivity index (χ0) is 9.14. The molecule has 0 saturated carbocycles. The molecule has 2 nitrogen and oxygen atoms in total. The lowest BCUT2D eigenvalue weighted by molar-refractivity contribution is 0.733. The Bertz CT molecular complexity index is 281. The SMILES string of the molecule is Cl.NC[C@@H](N)c1cc(Cl)ccc1Br. The Kier molecular flexibility index (Phi) is 5.92. The van der Waals surface area contributed by atoms with E-state index in [4.69, 9.17) is 23.1 Å². The highest BCUT2D eigenvalue weighted by molar-refractivity contribution is 9.10. The van der Waals surface area contributed by atoms with E-state index in [2.05, 4.69) is 15.9 Å². The van der Waals surface area contributed by atoms with Gasteiger partial charge in [-0.1, -0.05) is 27.5 Å². The molecule has 1 aromatic rings. The van der Waals surface area contributed by atoms with Crippen LogP contribution in [0, 0.1) is 0 Å². The van der Waals surface area contributed by atoms with Crippen molar-refractivity contribution in [1.29, 1.82) is 0 Å². The van der Waals surface area contributed by atoms with E-state index in [1.54, 1.807) is 6.07 Å². The monoisotopic (exact) mass is 284 g/mol. The minimum Gasteiger partial charge on any atom is -0.329 e. The Morgan fingerprint density at radius 2 is 2.08 bits per heavy atom. The number of halogens is 3.